The number of hydrogen-bond donors (Lipinski definition) is 1. The lowest BCUT2D eigenvalue weighted by molar-refractivity contribution is 0.574. The number of nitriles is 1. The van der Waals surface area contributed by atoms with Crippen LogP contribution in [-0.4, -0.2) is 18.1 Å². The van der Waals surface area contributed by atoms with Crippen LogP contribution in [0.3, 0.4) is 0 Å². The number of nitrogen functional groups attached to an aromatic ring is 1. The van der Waals surface area contributed by atoms with E-state index in [0.29, 0.717) is 11.3 Å². The maximum atomic E-state index is 8.70. The standard InChI is InChI=1S/C11H14N4/c12-7-9-6-10(13)11(14-8-9)15-4-2-1-3-5-15/h6,8H,1-5,13H2. The minimum absolute atomic E-state index is 0.522. The lowest BCUT2D eigenvalue weighted by Gasteiger charge is -2.28. The van der Waals surface area contributed by atoms with Crippen LogP contribution in [0, 0.1) is 11.3 Å². The summed E-state index contributed by atoms with van der Waals surface area (Å²) >= 11 is 0. The van der Waals surface area contributed by atoms with Crippen molar-refractivity contribution in [3.8, 4) is 6.07 Å². The van der Waals surface area contributed by atoms with Crippen LogP contribution in [0.2, 0.25) is 0 Å². The highest BCUT2D eigenvalue weighted by Gasteiger charge is 2.14. The third-order valence-corrected chi connectivity index (χ3v) is 2.68. The van der Waals surface area contributed by atoms with Gasteiger partial charge in [0.1, 0.15) is 6.07 Å². The Kier molecular flexibility index (Phi) is 2.72. The predicted molar refractivity (Wildman–Crippen MR) is 59.4 cm³/mol. The zero-order valence-electron chi connectivity index (χ0n) is 8.61. The van der Waals surface area contributed by atoms with Gasteiger partial charge < -0.3 is 10.6 Å². The Hall–Kier alpha value is -1.76. The van der Waals surface area contributed by atoms with Crippen molar-refractivity contribution in [1.82, 2.24) is 4.98 Å². The van der Waals surface area contributed by atoms with Crippen molar-refractivity contribution in [3.05, 3.63) is 17.8 Å². The topological polar surface area (TPSA) is 65.9 Å². The van der Waals surface area contributed by atoms with Crippen LogP contribution >= 0.6 is 0 Å². The van der Waals surface area contributed by atoms with E-state index in [-0.39, 0.29) is 0 Å². The quantitative estimate of drug-likeness (QED) is 0.750. The van der Waals surface area contributed by atoms with Gasteiger partial charge in [0, 0.05) is 19.3 Å². The first-order valence-corrected chi connectivity index (χ1v) is 5.22. The highest BCUT2D eigenvalue weighted by atomic mass is 15.2. The molecule has 4 nitrogen and oxygen atoms in total. The number of nitrogens with two attached hydrogens (primary N) is 1. The molecule has 1 aromatic rings. The summed E-state index contributed by atoms with van der Waals surface area (Å²) in [6.45, 7) is 2.03. The van der Waals surface area contributed by atoms with E-state index in [9.17, 15) is 0 Å². The molecule has 1 aromatic heterocycles. The van der Waals surface area contributed by atoms with Gasteiger partial charge in [-0.05, 0) is 25.3 Å². The van der Waals surface area contributed by atoms with Crippen LogP contribution in [0.4, 0.5) is 11.5 Å². The van der Waals surface area contributed by atoms with E-state index >= 15 is 0 Å². The number of piperidine rings is 1. The average molecular weight is 202 g/mol. The lowest BCUT2D eigenvalue weighted by Crippen LogP contribution is -2.30. The number of anilines is 2. The van der Waals surface area contributed by atoms with E-state index in [1.165, 1.54) is 19.3 Å². The van der Waals surface area contributed by atoms with Gasteiger partial charge >= 0.3 is 0 Å². The molecule has 0 atom stereocenters. The summed E-state index contributed by atoms with van der Waals surface area (Å²) in [6.07, 6.45) is 5.26. The number of rotatable bonds is 1. The zero-order valence-corrected chi connectivity index (χ0v) is 8.61. The van der Waals surface area contributed by atoms with Crippen molar-refractivity contribution >= 4 is 11.5 Å². The Morgan fingerprint density at radius 2 is 2.07 bits per heavy atom. The summed E-state index contributed by atoms with van der Waals surface area (Å²) in [5, 5.41) is 8.70. The fourth-order valence-electron chi connectivity index (χ4n) is 1.91. The Balaban J connectivity index is 2.24. The van der Waals surface area contributed by atoms with Crippen molar-refractivity contribution in [2.75, 3.05) is 23.7 Å². The van der Waals surface area contributed by atoms with E-state index in [4.69, 9.17) is 11.0 Å². The van der Waals surface area contributed by atoms with E-state index < -0.39 is 0 Å². The molecule has 0 radical (unpaired) electrons. The highest BCUT2D eigenvalue weighted by molar-refractivity contribution is 5.64. The first-order chi connectivity index (χ1) is 7.31. The third-order valence-electron chi connectivity index (χ3n) is 2.68. The first-order valence-electron chi connectivity index (χ1n) is 5.22. The molecule has 2 heterocycles. The van der Waals surface area contributed by atoms with E-state index in [0.717, 1.165) is 18.9 Å². The van der Waals surface area contributed by atoms with Gasteiger partial charge in [0.15, 0.2) is 5.82 Å². The smallest absolute Gasteiger partial charge is 0.151 e. The molecule has 78 valence electrons. The minimum Gasteiger partial charge on any atom is -0.396 e. The fraction of sp³-hybridized carbons (Fsp3) is 0.455. The molecule has 0 amide bonds. The monoisotopic (exact) mass is 202 g/mol. The SMILES string of the molecule is N#Cc1cnc(N2CCCCC2)c(N)c1. The molecule has 0 saturated carbocycles. The minimum atomic E-state index is 0.522. The predicted octanol–water partition coefficient (Wildman–Crippen LogP) is 1.53. The summed E-state index contributed by atoms with van der Waals surface area (Å²) in [5.74, 6) is 0.828. The Morgan fingerprint density at radius 1 is 1.33 bits per heavy atom. The molecule has 0 aromatic carbocycles. The second kappa shape index (κ2) is 4.18. The largest absolute Gasteiger partial charge is 0.396 e. The average Bonchev–Trinajstić information content (AvgIpc) is 2.30. The summed E-state index contributed by atoms with van der Waals surface area (Å²) in [7, 11) is 0. The van der Waals surface area contributed by atoms with Gasteiger partial charge in [-0.15, -0.1) is 0 Å². The van der Waals surface area contributed by atoms with Crippen LogP contribution in [0.15, 0.2) is 12.3 Å². The number of hydrogen-bond acceptors (Lipinski definition) is 4. The molecule has 2 rings (SSSR count). The van der Waals surface area contributed by atoms with Crippen molar-refractivity contribution in [2.24, 2.45) is 0 Å². The molecule has 1 fully saturated rings. The zero-order chi connectivity index (χ0) is 10.7. The molecular formula is C11H14N4. The normalized spacial score (nSPS) is 16.1. The van der Waals surface area contributed by atoms with E-state index in [2.05, 4.69) is 9.88 Å². The van der Waals surface area contributed by atoms with Crippen LogP contribution in [-0.2, 0) is 0 Å². The molecular weight excluding hydrogens is 188 g/mol. The summed E-state index contributed by atoms with van der Waals surface area (Å²) in [5.41, 5.74) is 7.00. The van der Waals surface area contributed by atoms with Crippen molar-refractivity contribution in [3.63, 3.8) is 0 Å². The van der Waals surface area contributed by atoms with Gasteiger partial charge in [-0.25, -0.2) is 4.98 Å². The highest BCUT2D eigenvalue weighted by Crippen LogP contribution is 2.23. The van der Waals surface area contributed by atoms with Crippen molar-refractivity contribution in [1.29, 1.82) is 5.26 Å². The summed E-state index contributed by atoms with van der Waals surface area (Å²) < 4.78 is 0. The van der Waals surface area contributed by atoms with Gasteiger partial charge in [0.25, 0.3) is 0 Å². The van der Waals surface area contributed by atoms with Crippen LogP contribution in [0.25, 0.3) is 0 Å². The molecule has 1 saturated heterocycles. The van der Waals surface area contributed by atoms with Crippen LogP contribution in [0.1, 0.15) is 24.8 Å². The second-order valence-corrected chi connectivity index (χ2v) is 3.80. The van der Waals surface area contributed by atoms with Gasteiger partial charge in [-0.1, -0.05) is 0 Å². The number of nitrogens with zero attached hydrogens (tertiary/aromatic N) is 3. The van der Waals surface area contributed by atoms with Crippen molar-refractivity contribution in [2.45, 2.75) is 19.3 Å². The third kappa shape index (κ3) is 2.01. The first kappa shape index (κ1) is 9.78. The molecule has 0 aliphatic carbocycles. The van der Waals surface area contributed by atoms with Crippen LogP contribution < -0.4 is 10.6 Å². The molecule has 4 heteroatoms. The molecule has 15 heavy (non-hydrogen) atoms. The fourth-order valence-corrected chi connectivity index (χ4v) is 1.91. The van der Waals surface area contributed by atoms with Crippen LogP contribution in [0.5, 0.6) is 0 Å². The Labute approximate surface area is 89.3 Å². The lowest BCUT2D eigenvalue weighted by atomic mass is 10.1. The molecule has 0 unspecified atom stereocenters. The molecule has 0 spiro atoms. The van der Waals surface area contributed by atoms with E-state index in [1.807, 2.05) is 6.07 Å². The number of pyridine rings is 1. The molecule has 0 bridgehead atoms. The van der Waals surface area contributed by atoms with Crippen molar-refractivity contribution < 1.29 is 0 Å². The van der Waals surface area contributed by atoms with Gasteiger partial charge in [-0.2, -0.15) is 5.26 Å². The van der Waals surface area contributed by atoms with Gasteiger partial charge in [-0.3, -0.25) is 0 Å². The van der Waals surface area contributed by atoms with E-state index in [1.54, 1.807) is 12.3 Å². The Morgan fingerprint density at radius 3 is 2.67 bits per heavy atom. The maximum absolute atomic E-state index is 8.70. The molecule has 2 N–H and O–H groups in total. The summed E-state index contributed by atoms with van der Waals surface area (Å²) in [6, 6.07) is 3.73. The summed E-state index contributed by atoms with van der Waals surface area (Å²) in [4.78, 5) is 6.45. The molecule has 1 aliphatic heterocycles. The van der Waals surface area contributed by atoms with Gasteiger partial charge in [0.2, 0.25) is 0 Å². The van der Waals surface area contributed by atoms with Gasteiger partial charge in [0.05, 0.1) is 11.3 Å². The number of aromatic nitrogens is 1. The molecule has 1 aliphatic rings. The second-order valence-electron chi connectivity index (χ2n) is 3.80. The Bertz CT molecular complexity index is 388. The maximum Gasteiger partial charge on any atom is 0.151 e.